The molecule has 144 valence electrons. The summed E-state index contributed by atoms with van der Waals surface area (Å²) in [5, 5.41) is 12.3. The second kappa shape index (κ2) is 11.0. The van der Waals surface area contributed by atoms with Gasteiger partial charge in [-0.2, -0.15) is 5.10 Å². The second-order valence-corrected chi connectivity index (χ2v) is 7.24. The number of halogens is 1. The highest BCUT2D eigenvalue weighted by Crippen LogP contribution is 2.11. The third-order valence-electron chi connectivity index (χ3n) is 3.89. The molecule has 2 N–H and O–H groups in total. The van der Waals surface area contributed by atoms with Crippen LogP contribution in [-0.2, 0) is 12.8 Å². The van der Waals surface area contributed by atoms with Gasteiger partial charge in [-0.15, -0.1) is 35.3 Å². The summed E-state index contributed by atoms with van der Waals surface area (Å²) in [5.74, 6) is 0.814. The largest absolute Gasteiger partial charge is 0.356 e. The van der Waals surface area contributed by atoms with Crippen LogP contribution in [0.25, 0.3) is 5.69 Å². The van der Waals surface area contributed by atoms with Crippen molar-refractivity contribution >= 4 is 41.3 Å². The maximum absolute atomic E-state index is 4.43. The fraction of sp³-hybridized carbons (Fsp3) is 0.316. The van der Waals surface area contributed by atoms with E-state index in [0.29, 0.717) is 0 Å². The van der Waals surface area contributed by atoms with Crippen LogP contribution in [0, 0.1) is 6.92 Å². The maximum Gasteiger partial charge on any atom is 0.191 e. The molecule has 0 aliphatic heterocycles. The Labute approximate surface area is 181 Å². The molecule has 3 aromatic rings. The Kier molecular flexibility index (Phi) is 8.73. The van der Waals surface area contributed by atoms with Crippen LogP contribution in [-0.4, -0.2) is 40.9 Å². The van der Waals surface area contributed by atoms with E-state index < -0.39 is 0 Å². The van der Waals surface area contributed by atoms with E-state index in [1.165, 1.54) is 10.4 Å². The van der Waals surface area contributed by atoms with Gasteiger partial charge in [0, 0.05) is 43.8 Å². The molecule has 0 aliphatic rings. The van der Waals surface area contributed by atoms with Gasteiger partial charge in [0.1, 0.15) is 0 Å². The van der Waals surface area contributed by atoms with Crippen LogP contribution < -0.4 is 10.6 Å². The Bertz CT molecular complexity index is 843. The Morgan fingerprint density at radius 2 is 1.85 bits per heavy atom. The molecule has 2 aromatic heterocycles. The van der Waals surface area contributed by atoms with Crippen LogP contribution in [0.3, 0.4) is 0 Å². The third kappa shape index (κ3) is 6.62. The minimum atomic E-state index is 0. The zero-order chi connectivity index (χ0) is 18.2. The van der Waals surface area contributed by atoms with Gasteiger partial charge in [-0.05, 0) is 31.0 Å². The van der Waals surface area contributed by atoms with Crippen molar-refractivity contribution in [1.82, 2.24) is 25.4 Å². The lowest BCUT2D eigenvalue weighted by Gasteiger charge is -2.10. The van der Waals surface area contributed by atoms with Gasteiger partial charge in [0.15, 0.2) is 5.96 Å². The summed E-state index contributed by atoms with van der Waals surface area (Å²) < 4.78 is 1.90. The highest BCUT2D eigenvalue weighted by atomic mass is 127. The first-order chi connectivity index (χ1) is 12.7. The molecule has 0 spiro atoms. The van der Waals surface area contributed by atoms with E-state index in [1.807, 2.05) is 47.4 Å². The molecular weight excluding hydrogens is 471 g/mol. The van der Waals surface area contributed by atoms with Crippen molar-refractivity contribution in [3.63, 3.8) is 0 Å². The van der Waals surface area contributed by atoms with Crippen LogP contribution in [0.5, 0.6) is 0 Å². The summed E-state index contributed by atoms with van der Waals surface area (Å²) in [6.45, 7) is 3.70. The third-order valence-corrected chi connectivity index (χ3v) is 4.86. The Balaban J connectivity index is 0.00000261. The van der Waals surface area contributed by atoms with Crippen molar-refractivity contribution in [2.75, 3.05) is 20.1 Å². The van der Waals surface area contributed by atoms with Crippen LogP contribution in [0.2, 0.25) is 0 Å². The summed E-state index contributed by atoms with van der Waals surface area (Å²) in [7, 11) is 1.79. The SMILES string of the molecule is CN=C(NCCc1cnn(-c2ccccc2)c1)NCCc1ncc(C)s1.I. The first-order valence-electron chi connectivity index (χ1n) is 8.69. The number of benzene rings is 1. The Hall–Kier alpha value is -1.94. The number of aromatic nitrogens is 3. The number of nitrogens with zero attached hydrogens (tertiary/aromatic N) is 4. The average molecular weight is 496 g/mol. The minimum Gasteiger partial charge on any atom is -0.356 e. The number of rotatable bonds is 7. The molecule has 0 fully saturated rings. The van der Waals surface area contributed by atoms with E-state index in [-0.39, 0.29) is 24.0 Å². The number of hydrogen-bond acceptors (Lipinski definition) is 4. The fourth-order valence-electron chi connectivity index (χ4n) is 2.56. The van der Waals surface area contributed by atoms with Gasteiger partial charge in [0.2, 0.25) is 0 Å². The van der Waals surface area contributed by atoms with Crippen molar-refractivity contribution in [2.24, 2.45) is 4.99 Å². The average Bonchev–Trinajstić information content (AvgIpc) is 3.30. The number of guanidine groups is 1. The van der Waals surface area contributed by atoms with E-state index >= 15 is 0 Å². The highest BCUT2D eigenvalue weighted by molar-refractivity contribution is 14.0. The molecule has 1 aromatic carbocycles. The van der Waals surface area contributed by atoms with E-state index in [1.54, 1.807) is 18.4 Å². The lowest BCUT2D eigenvalue weighted by atomic mass is 10.2. The molecule has 0 atom stereocenters. The quantitative estimate of drug-likeness (QED) is 0.300. The number of aryl methyl sites for hydroxylation is 1. The van der Waals surface area contributed by atoms with Gasteiger partial charge in [-0.25, -0.2) is 9.67 Å². The molecule has 2 heterocycles. The molecular formula is C19H25IN6S. The first-order valence-corrected chi connectivity index (χ1v) is 9.51. The number of thiazole rings is 1. The van der Waals surface area contributed by atoms with Gasteiger partial charge in [0.05, 0.1) is 16.9 Å². The van der Waals surface area contributed by atoms with Crippen LogP contribution >= 0.6 is 35.3 Å². The standard InChI is InChI=1S/C19H24N6S.HI/c1-15-12-23-18(26-15)9-11-22-19(20-2)21-10-8-16-13-24-25(14-16)17-6-4-3-5-7-17;/h3-7,12-14H,8-11H2,1-2H3,(H2,20,21,22);1H. The summed E-state index contributed by atoms with van der Waals surface area (Å²) >= 11 is 1.74. The Morgan fingerprint density at radius 1 is 1.11 bits per heavy atom. The van der Waals surface area contributed by atoms with Crippen LogP contribution in [0.4, 0.5) is 0 Å². The molecule has 0 aliphatic carbocycles. The molecule has 0 saturated heterocycles. The molecule has 0 radical (unpaired) electrons. The van der Waals surface area contributed by atoms with Crippen LogP contribution in [0.15, 0.2) is 53.9 Å². The molecule has 6 nitrogen and oxygen atoms in total. The number of nitrogens with one attached hydrogen (secondary N) is 2. The lowest BCUT2D eigenvalue weighted by molar-refractivity contribution is 0.782. The summed E-state index contributed by atoms with van der Waals surface area (Å²) in [5.41, 5.74) is 2.26. The van der Waals surface area contributed by atoms with Crippen LogP contribution in [0.1, 0.15) is 15.4 Å². The molecule has 0 saturated carbocycles. The fourth-order valence-corrected chi connectivity index (χ4v) is 3.35. The van der Waals surface area contributed by atoms with E-state index in [9.17, 15) is 0 Å². The van der Waals surface area contributed by atoms with E-state index in [2.05, 4.69) is 38.8 Å². The van der Waals surface area contributed by atoms with E-state index in [4.69, 9.17) is 0 Å². The molecule has 0 amide bonds. The van der Waals surface area contributed by atoms with Gasteiger partial charge >= 0.3 is 0 Å². The van der Waals surface area contributed by atoms with Gasteiger partial charge in [-0.1, -0.05) is 18.2 Å². The molecule has 8 heteroatoms. The smallest absolute Gasteiger partial charge is 0.191 e. The zero-order valence-corrected chi connectivity index (χ0v) is 18.7. The first kappa shape index (κ1) is 21.4. The van der Waals surface area contributed by atoms with E-state index in [0.717, 1.165) is 42.6 Å². The Morgan fingerprint density at radius 3 is 2.52 bits per heavy atom. The highest BCUT2D eigenvalue weighted by Gasteiger charge is 2.03. The van der Waals surface area contributed by atoms with Gasteiger partial charge in [0.25, 0.3) is 0 Å². The molecule has 27 heavy (non-hydrogen) atoms. The second-order valence-electron chi connectivity index (χ2n) is 5.92. The minimum absolute atomic E-state index is 0. The lowest BCUT2D eigenvalue weighted by Crippen LogP contribution is -2.39. The summed E-state index contributed by atoms with van der Waals surface area (Å²) in [6, 6.07) is 10.1. The summed E-state index contributed by atoms with van der Waals surface area (Å²) in [6.07, 6.45) is 7.69. The maximum atomic E-state index is 4.43. The monoisotopic (exact) mass is 496 g/mol. The topological polar surface area (TPSA) is 67.1 Å². The van der Waals surface area contributed by atoms with Crippen molar-refractivity contribution in [2.45, 2.75) is 19.8 Å². The van der Waals surface area contributed by atoms with Gasteiger partial charge < -0.3 is 10.6 Å². The predicted octanol–water partition coefficient (Wildman–Crippen LogP) is 3.21. The summed E-state index contributed by atoms with van der Waals surface area (Å²) in [4.78, 5) is 9.89. The van der Waals surface area contributed by atoms with Gasteiger partial charge in [-0.3, -0.25) is 4.99 Å². The van der Waals surface area contributed by atoms with Crippen molar-refractivity contribution in [3.05, 3.63) is 64.4 Å². The number of hydrogen-bond donors (Lipinski definition) is 2. The number of aliphatic imine (C=N–C) groups is 1. The zero-order valence-electron chi connectivity index (χ0n) is 15.6. The normalized spacial score (nSPS) is 11.1. The van der Waals surface area contributed by atoms with Crippen molar-refractivity contribution in [1.29, 1.82) is 0 Å². The molecule has 3 rings (SSSR count). The molecule has 0 bridgehead atoms. The molecule has 0 unspecified atom stereocenters. The number of para-hydroxylation sites is 1. The predicted molar refractivity (Wildman–Crippen MR) is 123 cm³/mol. The van der Waals surface area contributed by atoms with Crippen molar-refractivity contribution < 1.29 is 0 Å². The van der Waals surface area contributed by atoms with Crippen molar-refractivity contribution in [3.8, 4) is 5.69 Å².